The van der Waals surface area contributed by atoms with Crippen molar-refractivity contribution in [1.82, 2.24) is 9.97 Å². The molecule has 7 nitrogen and oxygen atoms in total. The molecule has 1 aromatic heterocycles. The predicted octanol–water partition coefficient (Wildman–Crippen LogP) is 4.47. The van der Waals surface area contributed by atoms with Crippen molar-refractivity contribution in [3.05, 3.63) is 75.3 Å². The number of anilines is 1. The summed E-state index contributed by atoms with van der Waals surface area (Å²) in [5.41, 5.74) is 1.77. The number of amides is 1. The van der Waals surface area contributed by atoms with Crippen molar-refractivity contribution >= 4 is 23.5 Å². The second-order valence-corrected chi connectivity index (χ2v) is 8.39. The Bertz CT molecular complexity index is 1210. The van der Waals surface area contributed by atoms with E-state index in [2.05, 4.69) is 15.3 Å². The lowest BCUT2D eigenvalue weighted by Gasteiger charge is -2.25. The van der Waals surface area contributed by atoms with Gasteiger partial charge in [-0.2, -0.15) is 0 Å². The van der Waals surface area contributed by atoms with Gasteiger partial charge in [-0.25, -0.2) is 9.37 Å². The lowest BCUT2D eigenvalue weighted by molar-refractivity contribution is -0.116. The Kier molecular flexibility index (Phi) is 6.98. The number of nitrogens with one attached hydrogen (secondary N) is 2. The molecule has 1 unspecified atom stereocenters. The van der Waals surface area contributed by atoms with Gasteiger partial charge in [0.05, 0.1) is 18.8 Å². The van der Waals surface area contributed by atoms with Crippen LogP contribution in [0.15, 0.2) is 52.4 Å². The standard InChI is InChI=1S/C24H24FN3O4S/c1-3-31-18-10-7-15(11-19(18)32-4-2)17-12-20(29)26-22-21(17)23(30)28-24(27-22)33-13-14-5-8-16(25)9-6-14/h5-11,17H,3-4,12-13H2,1-2H3,(H2,26,27,28,29,30). The van der Waals surface area contributed by atoms with Gasteiger partial charge < -0.3 is 19.8 Å². The van der Waals surface area contributed by atoms with Crippen LogP contribution >= 0.6 is 11.8 Å². The van der Waals surface area contributed by atoms with Gasteiger partial charge in [0, 0.05) is 18.1 Å². The number of hydrogen-bond acceptors (Lipinski definition) is 6. The molecule has 3 aromatic rings. The minimum atomic E-state index is -0.462. The molecule has 0 saturated heterocycles. The van der Waals surface area contributed by atoms with Crippen LogP contribution in [-0.4, -0.2) is 29.1 Å². The SMILES string of the molecule is CCOc1ccc(C2CC(=O)Nc3nc(SCc4ccc(F)cc4)[nH]c(=O)c32)cc1OCC. The quantitative estimate of drug-likeness (QED) is 0.373. The fourth-order valence-electron chi connectivity index (χ4n) is 3.72. The lowest BCUT2D eigenvalue weighted by atomic mass is 9.86. The van der Waals surface area contributed by atoms with Gasteiger partial charge >= 0.3 is 0 Å². The number of benzene rings is 2. The number of rotatable bonds is 8. The predicted molar refractivity (Wildman–Crippen MR) is 125 cm³/mol. The number of ether oxygens (including phenoxy) is 2. The third-order valence-corrected chi connectivity index (χ3v) is 6.13. The zero-order chi connectivity index (χ0) is 23.4. The van der Waals surface area contributed by atoms with Crippen molar-refractivity contribution in [1.29, 1.82) is 0 Å². The van der Waals surface area contributed by atoms with E-state index in [0.717, 1.165) is 11.1 Å². The number of halogens is 1. The minimum absolute atomic E-state index is 0.124. The van der Waals surface area contributed by atoms with Crippen LogP contribution in [-0.2, 0) is 10.5 Å². The summed E-state index contributed by atoms with van der Waals surface area (Å²) in [4.78, 5) is 32.8. The fourth-order valence-corrected chi connectivity index (χ4v) is 4.54. The largest absolute Gasteiger partial charge is 0.490 e. The molecule has 0 bridgehead atoms. The molecule has 1 aliphatic heterocycles. The first-order chi connectivity index (χ1) is 16.0. The van der Waals surface area contributed by atoms with Gasteiger partial charge in [-0.05, 0) is 49.2 Å². The van der Waals surface area contributed by atoms with E-state index in [-0.39, 0.29) is 29.5 Å². The van der Waals surface area contributed by atoms with Crippen LogP contribution in [0.5, 0.6) is 11.5 Å². The Balaban J connectivity index is 1.64. The zero-order valence-electron chi connectivity index (χ0n) is 18.3. The third-order valence-electron chi connectivity index (χ3n) is 5.19. The van der Waals surface area contributed by atoms with Crippen molar-refractivity contribution in [2.75, 3.05) is 18.5 Å². The average Bonchev–Trinajstić information content (AvgIpc) is 2.79. The fraction of sp³-hybridized carbons (Fsp3) is 0.292. The van der Waals surface area contributed by atoms with E-state index in [1.807, 2.05) is 26.0 Å². The maximum atomic E-state index is 13.1. The van der Waals surface area contributed by atoms with Crippen LogP contribution in [0, 0.1) is 5.82 Å². The van der Waals surface area contributed by atoms with Crippen molar-refractivity contribution in [3.8, 4) is 11.5 Å². The molecule has 172 valence electrons. The van der Waals surface area contributed by atoms with E-state index in [1.54, 1.807) is 18.2 Å². The molecule has 2 N–H and O–H groups in total. The van der Waals surface area contributed by atoms with E-state index in [9.17, 15) is 14.0 Å². The number of H-pyrrole nitrogens is 1. The number of aromatic nitrogens is 2. The van der Waals surface area contributed by atoms with Gasteiger partial charge in [-0.15, -0.1) is 0 Å². The maximum absolute atomic E-state index is 13.1. The molecule has 1 atom stereocenters. The van der Waals surface area contributed by atoms with Gasteiger partial charge in [-0.1, -0.05) is 30.0 Å². The number of fused-ring (bicyclic) bond motifs is 1. The van der Waals surface area contributed by atoms with E-state index in [1.165, 1.54) is 23.9 Å². The summed E-state index contributed by atoms with van der Waals surface area (Å²) in [6.45, 7) is 4.73. The summed E-state index contributed by atoms with van der Waals surface area (Å²) >= 11 is 1.30. The molecule has 1 aliphatic rings. The number of thioether (sulfide) groups is 1. The number of carbonyl (C=O) groups excluding carboxylic acids is 1. The minimum Gasteiger partial charge on any atom is -0.490 e. The third kappa shape index (κ3) is 5.19. The van der Waals surface area contributed by atoms with Crippen LogP contribution in [0.3, 0.4) is 0 Å². The normalized spacial score (nSPS) is 15.0. The summed E-state index contributed by atoms with van der Waals surface area (Å²) < 4.78 is 24.4. The van der Waals surface area contributed by atoms with Gasteiger partial charge in [0.25, 0.3) is 5.56 Å². The lowest BCUT2D eigenvalue weighted by Crippen LogP contribution is -2.31. The summed E-state index contributed by atoms with van der Waals surface area (Å²) in [5, 5.41) is 3.11. The van der Waals surface area contributed by atoms with Crippen LogP contribution in [0.4, 0.5) is 10.2 Å². The van der Waals surface area contributed by atoms with Gasteiger partial charge in [0.2, 0.25) is 5.91 Å². The van der Waals surface area contributed by atoms with E-state index in [4.69, 9.17) is 9.47 Å². The van der Waals surface area contributed by atoms with Gasteiger partial charge in [-0.3, -0.25) is 9.59 Å². The molecule has 0 saturated carbocycles. The summed E-state index contributed by atoms with van der Waals surface area (Å²) in [7, 11) is 0. The van der Waals surface area contributed by atoms with Gasteiger partial charge in [0.15, 0.2) is 16.7 Å². The smallest absolute Gasteiger partial charge is 0.257 e. The first kappa shape index (κ1) is 22.8. The second kappa shape index (κ2) is 10.1. The van der Waals surface area contributed by atoms with Crippen molar-refractivity contribution in [2.24, 2.45) is 0 Å². The highest BCUT2D eigenvalue weighted by molar-refractivity contribution is 7.98. The average molecular weight is 470 g/mol. The summed E-state index contributed by atoms with van der Waals surface area (Å²) in [6, 6.07) is 11.6. The van der Waals surface area contributed by atoms with Crippen LogP contribution < -0.4 is 20.3 Å². The monoisotopic (exact) mass is 469 g/mol. The molecule has 1 amide bonds. The number of hydrogen-bond donors (Lipinski definition) is 2. The Morgan fingerprint density at radius 3 is 2.52 bits per heavy atom. The Morgan fingerprint density at radius 1 is 1.06 bits per heavy atom. The Hall–Kier alpha value is -3.33. The molecule has 9 heteroatoms. The molecule has 0 fully saturated rings. The second-order valence-electron chi connectivity index (χ2n) is 7.43. The van der Waals surface area contributed by atoms with E-state index < -0.39 is 5.92 Å². The van der Waals surface area contributed by atoms with Crippen molar-refractivity contribution in [2.45, 2.75) is 37.1 Å². The topological polar surface area (TPSA) is 93.3 Å². The highest BCUT2D eigenvalue weighted by Gasteiger charge is 2.31. The first-order valence-electron chi connectivity index (χ1n) is 10.7. The highest BCUT2D eigenvalue weighted by Crippen LogP contribution is 2.38. The zero-order valence-corrected chi connectivity index (χ0v) is 19.1. The van der Waals surface area contributed by atoms with E-state index >= 15 is 0 Å². The summed E-state index contributed by atoms with van der Waals surface area (Å²) in [6.07, 6.45) is 0.124. The van der Waals surface area contributed by atoms with Crippen molar-refractivity contribution in [3.63, 3.8) is 0 Å². The molecule has 4 rings (SSSR count). The van der Waals surface area contributed by atoms with Crippen LogP contribution in [0.25, 0.3) is 0 Å². The molecule has 0 spiro atoms. The molecule has 33 heavy (non-hydrogen) atoms. The molecule has 0 aliphatic carbocycles. The van der Waals surface area contributed by atoms with Crippen molar-refractivity contribution < 1.29 is 18.7 Å². The number of nitrogens with zero attached hydrogens (tertiary/aromatic N) is 1. The Morgan fingerprint density at radius 2 is 1.79 bits per heavy atom. The highest BCUT2D eigenvalue weighted by atomic mass is 32.2. The van der Waals surface area contributed by atoms with Crippen LogP contribution in [0.2, 0.25) is 0 Å². The molecule has 2 heterocycles. The molecule has 0 radical (unpaired) electrons. The molecular formula is C24H24FN3O4S. The molecule has 2 aromatic carbocycles. The summed E-state index contributed by atoms with van der Waals surface area (Å²) in [5.74, 6) is 0.954. The van der Waals surface area contributed by atoms with E-state index in [0.29, 0.717) is 41.2 Å². The first-order valence-corrected chi connectivity index (χ1v) is 11.7. The Labute approximate surface area is 194 Å². The maximum Gasteiger partial charge on any atom is 0.257 e. The number of carbonyl (C=O) groups is 1. The molecular weight excluding hydrogens is 445 g/mol. The van der Waals surface area contributed by atoms with Crippen LogP contribution in [0.1, 0.15) is 42.9 Å². The number of aromatic amines is 1. The van der Waals surface area contributed by atoms with Gasteiger partial charge in [0.1, 0.15) is 11.6 Å².